The van der Waals surface area contributed by atoms with Crippen LogP contribution in [0.3, 0.4) is 0 Å². The monoisotopic (exact) mass is 257 g/mol. The van der Waals surface area contributed by atoms with E-state index in [4.69, 9.17) is 15.7 Å². The van der Waals surface area contributed by atoms with Gasteiger partial charge in [-0.1, -0.05) is 24.4 Å². The van der Waals surface area contributed by atoms with E-state index in [0.717, 1.165) is 19.3 Å². The van der Waals surface area contributed by atoms with Crippen LogP contribution in [0.1, 0.15) is 39.0 Å². The third-order valence-corrected chi connectivity index (χ3v) is 3.48. The lowest BCUT2D eigenvalue weighted by atomic mass is 9.72. The van der Waals surface area contributed by atoms with Gasteiger partial charge in [0, 0.05) is 13.2 Å². The Labute approximate surface area is 108 Å². The summed E-state index contributed by atoms with van der Waals surface area (Å²) in [5.41, 5.74) is 4.89. The molecule has 0 aromatic rings. The minimum absolute atomic E-state index is 0.0242. The van der Waals surface area contributed by atoms with E-state index in [2.05, 4.69) is 10.5 Å². The molecule has 104 valence electrons. The SMILES string of the molecule is CCOCCNC(=O)C1(C(N)=NO)CCCCC1. The second kappa shape index (κ2) is 7.20. The van der Waals surface area contributed by atoms with Crippen molar-refractivity contribution >= 4 is 11.7 Å². The molecule has 0 aromatic carbocycles. The first kappa shape index (κ1) is 14.8. The molecular weight excluding hydrogens is 234 g/mol. The molecule has 1 fully saturated rings. The van der Waals surface area contributed by atoms with Gasteiger partial charge in [0.05, 0.1) is 6.61 Å². The van der Waals surface area contributed by atoms with Gasteiger partial charge in [0.1, 0.15) is 5.41 Å². The van der Waals surface area contributed by atoms with Crippen molar-refractivity contribution in [3.8, 4) is 0 Å². The maximum absolute atomic E-state index is 12.2. The second-order valence-electron chi connectivity index (χ2n) is 4.58. The first-order chi connectivity index (χ1) is 8.67. The van der Waals surface area contributed by atoms with Crippen molar-refractivity contribution in [2.75, 3.05) is 19.8 Å². The lowest BCUT2D eigenvalue weighted by Crippen LogP contribution is -2.51. The summed E-state index contributed by atoms with van der Waals surface area (Å²) in [7, 11) is 0. The number of hydrogen-bond acceptors (Lipinski definition) is 4. The van der Waals surface area contributed by atoms with E-state index < -0.39 is 5.41 Å². The highest BCUT2D eigenvalue weighted by molar-refractivity contribution is 6.06. The number of ether oxygens (including phenoxy) is 1. The van der Waals surface area contributed by atoms with Crippen LogP contribution in [0.4, 0.5) is 0 Å². The molecule has 18 heavy (non-hydrogen) atoms. The van der Waals surface area contributed by atoms with Crippen LogP contribution >= 0.6 is 0 Å². The Morgan fingerprint density at radius 2 is 2.11 bits per heavy atom. The Kier molecular flexibility index (Phi) is 5.91. The van der Waals surface area contributed by atoms with Gasteiger partial charge in [0.15, 0.2) is 5.84 Å². The van der Waals surface area contributed by atoms with Crippen molar-refractivity contribution in [2.24, 2.45) is 16.3 Å². The number of amides is 1. The number of nitrogens with zero attached hydrogens (tertiary/aromatic N) is 1. The maximum Gasteiger partial charge on any atom is 0.234 e. The van der Waals surface area contributed by atoms with Crippen molar-refractivity contribution in [1.29, 1.82) is 0 Å². The number of nitrogens with one attached hydrogen (secondary N) is 1. The predicted molar refractivity (Wildman–Crippen MR) is 68.4 cm³/mol. The number of rotatable bonds is 6. The minimum Gasteiger partial charge on any atom is -0.409 e. The van der Waals surface area contributed by atoms with Crippen LogP contribution in [0.5, 0.6) is 0 Å². The van der Waals surface area contributed by atoms with E-state index in [0.29, 0.717) is 32.6 Å². The van der Waals surface area contributed by atoms with Crippen LogP contribution in [-0.2, 0) is 9.53 Å². The molecular formula is C12H23N3O3. The second-order valence-corrected chi connectivity index (χ2v) is 4.58. The first-order valence-corrected chi connectivity index (χ1v) is 6.51. The van der Waals surface area contributed by atoms with Crippen molar-refractivity contribution in [3.63, 3.8) is 0 Å². The summed E-state index contributed by atoms with van der Waals surface area (Å²) in [5.74, 6) is -0.131. The fourth-order valence-electron chi connectivity index (χ4n) is 2.40. The number of oxime groups is 1. The summed E-state index contributed by atoms with van der Waals surface area (Å²) in [6.45, 7) is 3.46. The van der Waals surface area contributed by atoms with Gasteiger partial charge >= 0.3 is 0 Å². The summed E-state index contributed by atoms with van der Waals surface area (Å²) < 4.78 is 5.17. The molecule has 4 N–H and O–H groups in total. The highest BCUT2D eigenvalue weighted by atomic mass is 16.5. The maximum atomic E-state index is 12.2. The van der Waals surface area contributed by atoms with E-state index in [1.165, 1.54) is 0 Å². The van der Waals surface area contributed by atoms with Gasteiger partial charge in [0.2, 0.25) is 5.91 Å². The third kappa shape index (κ3) is 3.35. The van der Waals surface area contributed by atoms with Gasteiger partial charge in [-0.2, -0.15) is 0 Å². The standard InChI is InChI=1S/C12H23N3O3/c1-2-18-9-8-14-11(16)12(10(13)15-17)6-4-3-5-7-12/h17H,2-9H2,1H3,(H2,13,15)(H,14,16). The highest BCUT2D eigenvalue weighted by Crippen LogP contribution is 2.36. The largest absolute Gasteiger partial charge is 0.409 e. The summed E-state index contributed by atoms with van der Waals surface area (Å²) in [6, 6.07) is 0. The fraction of sp³-hybridized carbons (Fsp3) is 0.833. The molecule has 0 heterocycles. The minimum atomic E-state index is -0.834. The zero-order valence-corrected chi connectivity index (χ0v) is 10.9. The molecule has 0 atom stereocenters. The molecule has 1 saturated carbocycles. The molecule has 0 aliphatic heterocycles. The van der Waals surface area contributed by atoms with Crippen molar-refractivity contribution < 1.29 is 14.7 Å². The van der Waals surface area contributed by atoms with Gasteiger partial charge in [-0.15, -0.1) is 0 Å². The van der Waals surface area contributed by atoms with Crippen LogP contribution < -0.4 is 11.1 Å². The molecule has 1 aliphatic rings. The molecule has 0 radical (unpaired) electrons. The molecule has 6 heteroatoms. The normalized spacial score (nSPS) is 19.5. The summed E-state index contributed by atoms with van der Waals surface area (Å²) >= 11 is 0. The topological polar surface area (TPSA) is 96.9 Å². The van der Waals surface area contributed by atoms with E-state index in [1.807, 2.05) is 6.92 Å². The molecule has 1 amide bonds. The Morgan fingerprint density at radius 3 is 2.67 bits per heavy atom. The lowest BCUT2D eigenvalue weighted by Gasteiger charge is -2.34. The Balaban J connectivity index is 2.62. The van der Waals surface area contributed by atoms with Gasteiger partial charge < -0.3 is 21.0 Å². The van der Waals surface area contributed by atoms with Gasteiger partial charge in [-0.3, -0.25) is 4.79 Å². The number of nitrogens with two attached hydrogens (primary N) is 1. The van der Waals surface area contributed by atoms with E-state index in [-0.39, 0.29) is 11.7 Å². The molecule has 0 saturated heterocycles. The van der Waals surface area contributed by atoms with Crippen LogP contribution in [0, 0.1) is 5.41 Å². The zero-order valence-electron chi connectivity index (χ0n) is 10.9. The summed E-state index contributed by atoms with van der Waals surface area (Å²) in [4.78, 5) is 12.2. The van der Waals surface area contributed by atoms with E-state index >= 15 is 0 Å². The first-order valence-electron chi connectivity index (χ1n) is 6.51. The number of carbonyl (C=O) groups excluding carboxylic acids is 1. The van der Waals surface area contributed by atoms with Gasteiger partial charge in [-0.25, -0.2) is 0 Å². The van der Waals surface area contributed by atoms with Crippen LogP contribution in [0.15, 0.2) is 5.16 Å². The highest BCUT2D eigenvalue weighted by Gasteiger charge is 2.43. The van der Waals surface area contributed by atoms with Crippen molar-refractivity contribution in [2.45, 2.75) is 39.0 Å². The fourth-order valence-corrected chi connectivity index (χ4v) is 2.40. The molecule has 1 aliphatic carbocycles. The smallest absolute Gasteiger partial charge is 0.234 e. The summed E-state index contributed by atoms with van der Waals surface area (Å²) in [6.07, 6.45) is 4.23. The van der Waals surface area contributed by atoms with Crippen LogP contribution in [0.2, 0.25) is 0 Å². The number of hydrogen-bond donors (Lipinski definition) is 3. The average Bonchev–Trinajstić information content (AvgIpc) is 2.43. The molecule has 0 bridgehead atoms. The molecule has 1 rings (SSSR count). The Bertz CT molecular complexity index is 299. The van der Waals surface area contributed by atoms with Crippen LogP contribution in [0.25, 0.3) is 0 Å². The van der Waals surface area contributed by atoms with E-state index in [1.54, 1.807) is 0 Å². The Morgan fingerprint density at radius 1 is 1.44 bits per heavy atom. The number of carbonyl (C=O) groups is 1. The van der Waals surface area contributed by atoms with Crippen molar-refractivity contribution in [1.82, 2.24) is 5.32 Å². The van der Waals surface area contributed by atoms with Gasteiger partial charge in [-0.05, 0) is 19.8 Å². The van der Waals surface area contributed by atoms with E-state index in [9.17, 15) is 4.79 Å². The average molecular weight is 257 g/mol. The zero-order chi connectivity index (χ0) is 13.4. The van der Waals surface area contributed by atoms with Crippen molar-refractivity contribution in [3.05, 3.63) is 0 Å². The molecule has 0 aromatic heterocycles. The van der Waals surface area contributed by atoms with Crippen LogP contribution in [-0.4, -0.2) is 36.7 Å². The summed E-state index contributed by atoms with van der Waals surface area (Å²) in [5, 5.41) is 14.7. The molecule has 0 unspecified atom stereocenters. The van der Waals surface area contributed by atoms with Gasteiger partial charge in [0.25, 0.3) is 0 Å². The quantitative estimate of drug-likeness (QED) is 0.216. The Hall–Kier alpha value is -1.30. The predicted octanol–water partition coefficient (Wildman–Crippen LogP) is 0.836. The number of amidine groups is 1. The lowest BCUT2D eigenvalue weighted by molar-refractivity contribution is -0.129. The molecule has 6 nitrogen and oxygen atoms in total. The third-order valence-electron chi connectivity index (χ3n) is 3.48. The molecule has 0 spiro atoms.